The van der Waals surface area contributed by atoms with E-state index in [0.29, 0.717) is 17.7 Å². The minimum atomic E-state index is -0.514. The largest absolute Gasteiger partial charge is 0.507 e. The van der Waals surface area contributed by atoms with Crippen molar-refractivity contribution in [3.63, 3.8) is 0 Å². The maximum Gasteiger partial charge on any atom is 0.327 e. The predicted molar refractivity (Wildman–Crippen MR) is 65.9 cm³/mol. The fraction of sp³-hybridized carbons (Fsp3) is 0.231. The average molecular weight is 264 g/mol. The van der Waals surface area contributed by atoms with Crippen LogP contribution in [0, 0.1) is 5.82 Å². The summed E-state index contributed by atoms with van der Waals surface area (Å²) in [5.74, 6) is -1.07. The van der Waals surface area contributed by atoms with Gasteiger partial charge in [-0.15, -0.1) is 0 Å². The van der Waals surface area contributed by atoms with E-state index in [4.69, 9.17) is 4.74 Å². The van der Waals surface area contributed by atoms with Gasteiger partial charge in [0.25, 0.3) is 0 Å². The zero-order chi connectivity index (χ0) is 13.8. The van der Waals surface area contributed by atoms with Crippen molar-refractivity contribution in [2.24, 2.45) is 0 Å². The predicted octanol–water partition coefficient (Wildman–Crippen LogP) is 1.96. The molecule has 1 heterocycles. The summed E-state index contributed by atoms with van der Waals surface area (Å²) in [6.07, 6.45) is 3.08. The molecule has 5 nitrogen and oxygen atoms in total. The van der Waals surface area contributed by atoms with Crippen molar-refractivity contribution in [2.75, 3.05) is 6.61 Å². The normalized spacial score (nSPS) is 10.4. The number of hydrogen-bond donors (Lipinski definition) is 1. The van der Waals surface area contributed by atoms with Gasteiger partial charge in [0.05, 0.1) is 12.8 Å². The van der Waals surface area contributed by atoms with Crippen LogP contribution in [0.4, 0.5) is 4.39 Å². The number of aromatic hydroxyl groups is 1. The first kappa shape index (κ1) is 13.1. The van der Waals surface area contributed by atoms with Gasteiger partial charge in [-0.25, -0.2) is 4.39 Å². The standard InChI is InChI=1S/C13H13FN2O3/c1-2-19-13(18)8-16-7-9(6-15-16)11-4-3-10(14)5-12(11)17/h3-7,17H,2,8H2,1H3. The third kappa shape index (κ3) is 3.09. The number of aromatic nitrogens is 2. The fourth-order valence-corrected chi connectivity index (χ4v) is 1.68. The molecule has 0 amide bonds. The minimum absolute atomic E-state index is 0.00417. The Morgan fingerprint density at radius 2 is 2.32 bits per heavy atom. The number of hydrogen-bond acceptors (Lipinski definition) is 4. The lowest BCUT2D eigenvalue weighted by Gasteiger charge is -2.02. The highest BCUT2D eigenvalue weighted by Crippen LogP contribution is 2.29. The minimum Gasteiger partial charge on any atom is -0.507 e. The van der Waals surface area contributed by atoms with Gasteiger partial charge >= 0.3 is 5.97 Å². The highest BCUT2D eigenvalue weighted by atomic mass is 19.1. The van der Waals surface area contributed by atoms with Crippen molar-refractivity contribution in [1.82, 2.24) is 9.78 Å². The number of esters is 1. The van der Waals surface area contributed by atoms with Crippen LogP contribution in [-0.4, -0.2) is 27.5 Å². The quantitative estimate of drug-likeness (QED) is 0.857. The van der Waals surface area contributed by atoms with Crippen LogP contribution in [-0.2, 0) is 16.1 Å². The van der Waals surface area contributed by atoms with E-state index in [2.05, 4.69) is 5.10 Å². The zero-order valence-electron chi connectivity index (χ0n) is 10.3. The molecule has 0 aliphatic heterocycles. The van der Waals surface area contributed by atoms with Crippen molar-refractivity contribution >= 4 is 5.97 Å². The Hall–Kier alpha value is -2.37. The van der Waals surface area contributed by atoms with Crippen molar-refractivity contribution in [1.29, 1.82) is 0 Å². The number of ether oxygens (including phenoxy) is 1. The van der Waals surface area contributed by atoms with E-state index in [0.717, 1.165) is 6.07 Å². The number of nitrogens with zero attached hydrogens (tertiary/aromatic N) is 2. The van der Waals surface area contributed by atoms with Gasteiger partial charge in [0.1, 0.15) is 18.1 Å². The molecule has 2 rings (SSSR count). The number of halogens is 1. The lowest BCUT2D eigenvalue weighted by molar-refractivity contribution is -0.144. The Morgan fingerprint density at radius 3 is 3.00 bits per heavy atom. The van der Waals surface area contributed by atoms with Crippen molar-refractivity contribution < 1.29 is 19.0 Å². The number of benzene rings is 1. The molecule has 1 aromatic carbocycles. The summed E-state index contributed by atoms with van der Waals surface area (Å²) in [5.41, 5.74) is 1.05. The molecular formula is C13H13FN2O3. The summed E-state index contributed by atoms with van der Waals surface area (Å²) in [7, 11) is 0. The van der Waals surface area contributed by atoms with Gasteiger partial charge < -0.3 is 9.84 Å². The van der Waals surface area contributed by atoms with Crippen LogP contribution in [0.3, 0.4) is 0 Å². The number of phenols is 1. The molecule has 2 aromatic rings. The van der Waals surface area contributed by atoms with Crippen LogP contribution in [0.15, 0.2) is 30.6 Å². The highest BCUT2D eigenvalue weighted by Gasteiger charge is 2.10. The lowest BCUT2D eigenvalue weighted by Crippen LogP contribution is -2.13. The second-order valence-corrected chi connectivity index (χ2v) is 3.89. The van der Waals surface area contributed by atoms with Gasteiger partial charge in [0.2, 0.25) is 0 Å². The molecule has 0 unspecified atom stereocenters. The SMILES string of the molecule is CCOC(=O)Cn1cc(-c2ccc(F)cc2O)cn1. The third-order valence-electron chi connectivity index (χ3n) is 2.50. The first-order chi connectivity index (χ1) is 9.10. The van der Waals surface area contributed by atoms with E-state index in [1.807, 2.05) is 0 Å². The number of carbonyl (C=O) groups excluding carboxylic acids is 1. The number of rotatable bonds is 4. The van der Waals surface area contributed by atoms with Crippen LogP contribution < -0.4 is 0 Å². The van der Waals surface area contributed by atoms with Crippen molar-refractivity contribution in [3.8, 4) is 16.9 Å². The molecule has 0 radical (unpaired) electrons. The van der Waals surface area contributed by atoms with Gasteiger partial charge in [-0.3, -0.25) is 9.48 Å². The Balaban J connectivity index is 2.18. The van der Waals surface area contributed by atoms with E-state index in [1.165, 1.54) is 23.0 Å². The van der Waals surface area contributed by atoms with Crippen LogP contribution in [0.2, 0.25) is 0 Å². The van der Waals surface area contributed by atoms with Gasteiger partial charge in [-0.2, -0.15) is 5.10 Å². The van der Waals surface area contributed by atoms with Crippen LogP contribution >= 0.6 is 0 Å². The van der Waals surface area contributed by atoms with Crippen LogP contribution in [0.25, 0.3) is 11.1 Å². The van der Waals surface area contributed by atoms with Gasteiger partial charge in [-0.05, 0) is 19.1 Å². The van der Waals surface area contributed by atoms with Gasteiger partial charge in [-0.1, -0.05) is 0 Å². The molecule has 0 saturated heterocycles. The molecule has 19 heavy (non-hydrogen) atoms. The molecule has 100 valence electrons. The topological polar surface area (TPSA) is 64.3 Å². The molecule has 0 atom stereocenters. The molecule has 0 bridgehead atoms. The second-order valence-electron chi connectivity index (χ2n) is 3.89. The zero-order valence-corrected chi connectivity index (χ0v) is 10.3. The van der Waals surface area contributed by atoms with E-state index in [-0.39, 0.29) is 18.3 Å². The van der Waals surface area contributed by atoms with E-state index in [9.17, 15) is 14.3 Å². The third-order valence-corrected chi connectivity index (χ3v) is 2.50. The summed E-state index contributed by atoms with van der Waals surface area (Å²) in [6, 6.07) is 3.73. The summed E-state index contributed by atoms with van der Waals surface area (Å²) >= 11 is 0. The smallest absolute Gasteiger partial charge is 0.327 e. The molecule has 0 fully saturated rings. The first-order valence-corrected chi connectivity index (χ1v) is 5.77. The fourth-order valence-electron chi connectivity index (χ4n) is 1.68. The number of phenolic OH excluding ortho intramolecular Hbond substituents is 1. The maximum absolute atomic E-state index is 12.9. The Kier molecular flexibility index (Phi) is 3.79. The lowest BCUT2D eigenvalue weighted by atomic mass is 10.1. The summed E-state index contributed by atoms with van der Waals surface area (Å²) in [4.78, 5) is 11.3. The Morgan fingerprint density at radius 1 is 1.53 bits per heavy atom. The van der Waals surface area contributed by atoms with E-state index < -0.39 is 5.82 Å². The average Bonchev–Trinajstić information content (AvgIpc) is 2.77. The first-order valence-electron chi connectivity index (χ1n) is 5.77. The Labute approximate surface area is 109 Å². The molecule has 0 aliphatic rings. The van der Waals surface area contributed by atoms with Crippen molar-refractivity contribution in [3.05, 3.63) is 36.4 Å². The monoisotopic (exact) mass is 264 g/mol. The Bertz CT molecular complexity index is 595. The summed E-state index contributed by atoms with van der Waals surface area (Å²) in [5, 5.41) is 13.6. The molecule has 0 aliphatic carbocycles. The highest BCUT2D eigenvalue weighted by molar-refractivity contribution is 5.71. The van der Waals surface area contributed by atoms with Gasteiger partial charge in [0, 0.05) is 23.4 Å². The maximum atomic E-state index is 12.9. The van der Waals surface area contributed by atoms with E-state index in [1.54, 1.807) is 13.1 Å². The van der Waals surface area contributed by atoms with E-state index >= 15 is 0 Å². The van der Waals surface area contributed by atoms with Crippen LogP contribution in [0.1, 0.15) is 6.92 Å². The summed E-state index contributed by atoms with van der Waals surface area (Å²) < 4.78 is 19.1. The molecule has 0 spiro atoms. The summed E-state index contributed by atoms with van der Waals surface area (Å²) in [6.45, 7) is 2.03. The molecule has 1 aromatic heterocycles. The van der Waals surface area contributed by atoms with Crippen LogP contribution in [0.5, 0.6) is 5.75 Å². The molecule has 0 saturated carbocycles. The van der Waals surface area contributed by atoms with Crippen molar-refractivity contribution in [2.45, 2.75) is 13.5 Å². The van der Waals surface area contributed by atoms with Gasteiger partial charge in [0.15, 0.2) is 0 Å². The molecule has 1 N–H and O–H groups in total. The second kappa shape index (κ2) is 5.51. The number of carbonyl (C=O) groups is 1. The molecular weight excluding hydrogens is 251 g/mol. The molecule has 6 heteroatoms.